The summed E-state index contributed by atoms with van der Waals surface area (Å²) < 4.78 is 31.4. The lowest BCUT2D eigenvalue weighted by atomic mass is 10.3. The maximum Gasteiger partial charge on any atom is 0.225 e. The van der Waals surface area contributed by atoms with Crippen LogP contribution in [0, 0.1) is 0 Å². The molecule has 0 bridgehead atoms. The molecule has 128 valence electrons. The second-order valence-corrected chi connectivity index (χ2v) is 7.77. The summed E-state index contributed by atoms with van der Waals surface area (Å²) in [6.07, 6.45) is 4.09. The second kappa shape index (κ2) is 7.14. The van der Waals surface area contributed by atoms with Crippen molar-refractivity contribution in [2.24, 2.45) is 0 Å². The molecule has 1 saturated heterocycles. The van der Waals surface area contributed by atoms with Crippen LogP contribution in [0.1, 0.15) is 18.9 Å². The van der Waals surface area contributed by atoms with Crippen LogP contribution in [0.5, 0.6) is 0 Å². The number of ether oxygens (including phenoxy) is 1. The summed E-state index contributed by atoms with van der Waals surface area (Å²) in [5.74, 6) is -0.579. The number of hydrogen-bond acceptors (Lipinski definition) is 5. The standard InChI is InChI=1S/C16H19N3O4S/c20-16(7-9-24(21,22)15-4-2-1-3-5-15)18-13-10-17-19(11-13)14-6-8-23-12-14/h1-5,10-11,14H,6-9,12H2,(H,18,20)/t14-/m0/s1. The van der Waals surface area contributed by atoms with Gasteiger partial charge in [-0.1, -0.05) is 18.2 Å². The summed E-state index contributed by atoms with van der Waals surface area (Å²) in [5, 5.41) is 6.89. The zero-order chi connectivity index (χ0) is 17.0. The highest BCUT2D eigenvalue weighted by Gasteiger charge is 2.19. The van der Waals surface area contributed by atoms with Crippen LogP contribution in [-0.2, 0) is 19.4 Å². The van der Waals surface area contributed by atoms with Gasteiger partial charge in [-0.2, -0.15) is 5.10 Å². The van der Waals surface area contributed by atoms with Crippen LogP contribution >= 0.6 is 0 Å². The molecule has 7 nitrogen and oxygen atoms in total. The fourth-order valence-corrected chi connectivity index (χ4v) is 3.79. The van der Waals surface area contributed by atoms with Crippen LogP contribution in [0.25, 0.3) is 0 Å². The Morgan fingerprint density at radius 2 is 2.12 bits per heavy atom. The predicted molar refractivity (Wildman–Crippen MR) is 88.4 cm³/mol. The minimum Gasteiger partial charge on any atom is -0.379 e. The van der Waals surface area contributed by atoms with Crippen molar-refractivity contribution in [3.8, 4) is 0 Å². The van der Waals surface area contributed by atoms with Gasteiger partial charge in [0, 0.05) is 19.2 Å². The van der Waals surface area contributed by atoms with E-state index < -0.39 is 9.84 Å². The van der Waals surface area contributed by atoms with Crippen LogP contribution in [0.2, 0.25) is 0 Å². The molecule has 1 N–H and O–H groups in total. The van der Waals surface area contributed by atoms with E-state index in [1.807, 2.05) is 0 Å². The summed E-state index contributed by atoms with van der Waals surface area (Å²) >= 11 is 0. The number of amides is 1. The van der Waals surface area contributed by atoms with Gasteiger partial charge in [-0.3, -0.25) is 9.48 Å². The predicted octanol–water partition coefficient (Wildman–Crippen LogP) is 1.65. The largest absolute Gasteiger partial charge is 0.379 e. The minimum absolute atomic E-state index is 0.102. The molecule has 0 saturated carbocycles. The van der Waals surface area contributed by atoms with Gasteiger partial charge in [-0.25, -0.2) is 8.42 Å². The number of hydrogen-bond donors (Lipinski definition) is 1. The van der Waals surface area contributed by atoms with Gasteiger partial charge in [0.05, 0.1) is 35.2 Å². The Balaban J connectivity index is 1.54. The number of nitrogens with one attached hydrogen (secondary N) is 1. The first-order valence-electron chi connectivity index (χ1n) is 7.74. The molecule has 1 aromatic carbocycles. The van der Waals surface area contributed by atoms with Crippen molar-refractivity contribution in [2.75, 3.05) is 24.3 Å². The number of anilines is 1. The van der Waals surface area contributed by atoms with Gasteiger partial charge in [0.25, 0.3) is 0 Å². The Labute approximate surface area is 140 Å². The first-order valence-corrected chi connectivity index (χ1v) is 9.39. The van der Waals surface area contributed by atoms with Crippen molar-refractivity contribution in [3.05, 3.63) is 42.7 Å². The normalized spacial score (nSPS) is 17.8. The molecule has 1 aliphatic rings. The second-order valence-electron chi connectivity index (χ2n) is 5.66. The highest BCUT2D eigenvalue weighted by Crippen LogP contribution is 2.19. The maximum absolute atomic E-state index is 12.2. The zero-order valence-electron chi connectivity index (χ0n) is 13.1. The number of sulfone groups is 1. The van der Waals surface area contributed by atoms with Gasteiger partial charge >= 0.3 is 0 Å². The van der Waals surface area contributed by atoms with E-state index in [-0.39, 0.29) is 29.0 Å². The Morgan fingerprint density at radius 3 is 2.83 bits per heavy atom. The third kappa shape index (κ3) is 4.01. The summed E-state index contributed by atoms with van der Waals surface area (Å²) in [4.78, 5) is 12.2. The minimum atomic E-state index is -3.45. The molecule has 8 heteroatoms. The number of carbonyl (C=O) groups excluding carboxylic acids is 1. The lowest BCUT2D eigenvalue weighted by molar-refractivity contribution is -0.115. The van der Waals surface area contributed by atoms with E-state index in [1.54, 1.807) is 35.3 Å². The third-order valence-electron chi connectivity index (χ3n) is 3.87. The molecule has 0 unspecified atom stereocenters. The van der Waals surface area contributed by atoms with Crippen molar-refractivity contribution < 1.29 is 17.9 Å². The quantitative estimate of drug-likeness (QED) is 0.856. The first-order chi connectivity index (χ1) is 11.5. The molecule has 3 rings (SSSR count). The SMILES string of the molecule is O=C(CCS(=O)(=O)c1ccccc1)Nc1cnn([C@H]2CCOC2)c1. The van der Waals surface area contributed by atoms with Crippen molar-refractivity contribution in [1.82, 2.24) is 9.78 Å². The van der Waals surface area contributed by atoms with Gasteiger partial charge in [-0.05, 0) is 18.6 Å². The smallest absolute Gasteiger partial charge is 0.225 e. The average Bonchev–Trinajstić information content (AvgIpc) is 3.25. The van der Waals surface area contributed by atoms with Gasteiger partial charge < -0.3 is 10.1 Å². The molecule has 2 heterocycles. The van der Waals surface area contributed by atoms with E-state index in [0.29, 0.717) is 18.9 Å². The monoisotopic (exact) mass is 349 g/mol. The Bertz CT molecular complexity index is 796. The third-order valence-corrected chi connectivity index (χ3v) is 5.60. The fraction of sp³-hybridized carbons (Fsp3) is 0.375. The molecule has 1 fully saturated rings. The highest BCUT2D eigenvalue weighted by atomic mass is 32.2. The number of carbonyl (C=O) groups is 1. The average molecular weight is 349 g/mol. The lowest BCUT2D eigenvalue weighted by Crippen LogP contribution is -2.17. The van der Waals surface area contributed by atoms with Crippen LogP contribution < -0.4 is 5.32 Å². The van der Waals surface area contributed by atoms with Crippen LogP contribution in [-0.4, -0.2) is 43.1 Å². The Morgan fingerprint density at radius 1 is 1.33 bits per heavy atom. The summed E-state index contributed by atoms with van der Waals surface area (Å²) in [6.45, 7) is 1.33. The number of aromatic nitrogens is 2. The van der Waals surface area contributed by atoms with Gasteiger partial charge in [0.1, 0.15) is 0 Å². The van der Waals surface area contributed by atoms with E-state index in [0.717, 1.165) is 6.42 Å². The molecule has 0 spiro atoms. The van der Waals surface area contributed by atoms with Crippen LogP contribution in [0.15, 0.2) is 47.6 Å². The van der Waals surface area contributed by atoms with Crippen molar-refractivity contribution >= 4 is 21.4 Å². The molecule has 2 aromatic rings. The summed E-state index contributed by atoms with van der Waals surface area (Å²) in [7, 11) is -3.45. The highest BCUT2D eigenvalue weighted by molar-refractivity contribution is 7.91. The maximum atomic E-state index is 12.2. The summed E-state index contributed by atoms with van der Waals surface area (Å²) in [6, 6.07) is 8.32. The lowest BCUT2D eigenvalue weighted by Gasteiger charge is -2.07. The van der Waals surface area contributed by atoms with Gasteiger partial charge in [0.2, 0.25) is 5.91 Å². The molecule has 1 amide bonds. The van der Waals surface area contributed by atoms with E-state index in [1.165, 1.54) is 12.1 Å². The van der Waals surface area contributed by atoms with E-state index in [4.69, 9.17) is 4.74 Å². The van der Waals surface area contributed by atoms with E-state index in [2.05, 4.69) is 10.4 Å². The van der Waals surface area contributed by atoms with Gasteiger partial charge in [0.15, 0.2) is 9.84 Å². The van der Waals surface area contributed by atoms with Crippen molar-refractivity contribution in [3.63, 3.8) is 0 Å². The molecule has 1 aromatic heterocycles. The molecular weight excluding hydrogens is 330 g/mol. The molecule has 1 aliphatic heterocycles. The summed E-state index contributed by atoms with van der Waals surface area (Å²) in [5.41, 5.74) is 0.559. The van der Waals surface area contributed by atoms with Crippen molar-refractivity contribution in [1.29, 1.82) is 0 Å². The molecular formula is C16H19N3O4S. The topological polar surface area (TPSA) is 90.3 Å². The molecule has 0 aliphatic carbocycles. The van der Waals surface area contributed by atoms with Gasteiger partial charge in [-0.15, -0.1) is 0 Å². The number of rotatable bonds is 6. The molecule has 24 heavy (non-hydrogen) atoms. The number of nitrogens with zero attached hydrogens (tertiary/aromatic N) is 2. The van der Waals surface area contributed by atoms with E-state index in [9.17, 15) is 13.2 Å². The Kier molecular flexibility index (Phi) is 4.96. The number of benzene rings is 1. The van der Waals surface area contributed by atoms with E-state index >= 15 is 0 Å². The molecule has 0 radical (unpaired) electrons. The van der Waals surface area contributed by atoms with Crippen LogP contribution in [0.3, 0.4) is 0 Å². The Hall–Kier alpha value is -2.19. The van der Waals surface area contributed by atoms with Crippen molar-refractivity contribution in [2.45, 2.75) is 23.8 Å². The van der Waals surface area contributed by atoms with Crippen LogP contribution in [0.4, 0.5) is 5.69 Å². The fourth-order valence-electron chi connectivity index (χ4n) is 2.53. The first kappa shape index (κ1) is 16.7. The zero-order valence-corrected chi connectivity index (χ0v) is 13.9. The molecule has 1 atom stereocenters.